The van der Waals surface area contributed by atoms with E-state index in [1.54, 1.807) is 0 Å². The van der Waals surface area contributed by atoms with Gasteiger partial charge in [-0.05, 0) is 43.7 Å². The highest BCUT2D eigenvalue weighted by Crippen LogP contribution is 2.25. The Morgan fingerprint density at radius 1 is 0.962 bits per heavy atom. The van der Waals surface area contributed by atoms with Crippen molar-refractivity contribution in [1.82, 2.24) is 9.80 Å². The van der Waals surface area contributed by atoms with Gasteiger partial charge in [-0.15, -0.1) is 0 Å². The largest absolute Gasteiger partial charge is 0.342 e. The Morgan fingerprint density at radius 3 is 2.31 bits per heavy atom. The molecule has 0 radical (unpaired) electrons. The van der Waals surface area contributed by atoms with Crippen molar-refractivity contribution in [2.24, 2.45) is 11.8 Å². The number of hydrogen-bond acceptors (Lipinski definition) is 2. The lowest BCUT2D eigenvalue weighted by Crippen LogP contribution is -2.47. The maximum absolute atomic E-state index is 13.8. The Balaban J connectivity index is 1.60. The standard InChI is InChI=1S/C19H23F3N2O2/c1-12-3-2-8-24(11-12)18(25)13-6-9-23(10-7-13)19(26)14-4-5-15(20)17(22)16(14)21/h4-5,12-13H,2-3,6-11H2,1H3. The number of piperidine rings is 2. The number of hydrogen-bond donors (Lipinski definition) is 0. The van der Waals surface area contributed by atoms with Crippen LogP contribution in [0.25, 0.3) is 0 Å². The van der Waals surface area contributed by atoms with Crippen LogP contribution in [0.15, 0.2) is 12.1 Å². The number of nitrogens with zero attached hydrogens (tertiary/aromatic N) is 2. The molecule has 2 fully saturated rings. The van der Waals surface area contributed by atoms with Gasteiger partial charge in [0.1, 0.15) is 0 Å². The molecule has 2 aliphatic rings. The van der Waals surface area contributed by atoms with Crippen LogP contribution >= 0.6 is 0 Å². The Bertz CT molecular complexity index is 702. The molecule has 3 rings (SSSR count). The number of likely N-dealkylation sites (tertiary alicyclic amines) is 2. The zero-order valence-corrected chi connectivity index (χ0v) is 14.8. The van der Waals surface area contributed by atoms with Crippen LogP contribution in [0, 0.1) is 29.3 Å². The van der Waals surface area contributed by atoms with Crippen LogP contribution in [0.1, 0.15) is 43.0 Å². The summed E-state index contributed by atoms with van der Waals surface area (Å²) < 4.78 is 40.2. The summed E-state index contributed by atoms with van der Waals surface area (Å²) in [4.78, 5) is 28.4. The molecule has 7 heteroatoms. The van der Waals surface area contributed by atoms with Gasteiger partial charge in [-0.3, -0.25) is 9.59 Å². The predicted molar refractivity (Wildman–Crippen MR) is 89.9 cm³/mol. The van der Waals surface area contributed by atoms with Crippen LogP contribution in [0.5, 0.6) is 0 Å². The van der Waals surface area contributed by atoms with Gasteiger partial charge in [0.05, 0.1) is 5.56 Å². The van der Waals surface area contributed by atoms with E-state index in [1.807, 2.05) is 4.90 Å². The molecule has 142 valence electrons. The molecule has 0 saturated carbocycles. The van der Waals surface area contributed by atoms with Gasteiger partial charge in [-0.1, -0.05) is 6.92 Å². The van der Waals surface area contributed by atoms with Crippen LogP contribution in [-0.4, -0.2) is 47.8 Å². The fraction of sp³-hybridized carbons (Fsp3) is 0.579. The van der Waals surface area contributed by atoms with Crippen molar-refractivity contribution in [3.63, 3.8) is 0 Å². The Morgan fingerprint density at radius 2 is 1.65 bits per heavy atom. The molecule has 4 nitrogen and oxygen atoms in total. The summed E-state index contributed by atoms with van der Waals surface area (Å²) in [6.07, 6.45) is 3.15. The van der Waals surface area contributed by atoms with Gasteiger partial charge in [-0.2, -0.15) is 0 Å². The average molecular weight is 368 g/mol. The van der Waals surface area contributed by atoms with Gasteiger partial charge in [0.2, 0.25) is 5.91 Å². The molecule has 0 spiro atoms. The highest BCUT2D eigenvalue weighted by Gasteiger charge is 2.33. The maximum atomic E-state index is 13.8. The molecule has 2 aliphatic heterocycles. The molecule has 2 amide bonds. The summed E-state index contributed by atoms with van der Waals surface area (Å²) in [6.45, 7) is 4.30. The summed E-state index contributed by atoms with van der Waals surface area (Å²) in [5, 5.41) is 0. The lowest BCUT2D eigenvalue weighted by molar-refractivity contribution is -0.138. The highest BCUT2D eigenvalue weighted by atomic mass is 19.2. The molecule has 1 aromatic carbocycles. The Hall–Kier alpha value is -2.05. The maximum Gasteiger partial charge on any atom is 0.256 e. The van der Waals surface area contributed by atoms with Crippen molar-refractivity contribution in [2.75, 3.05) is 26.2 Å². The van der Waals surface area contributed by atoms with E-state index < -0.39 is 28.9 Å². The Labute approximate surface area is 151 Å². The molecule has 0 N–H and O–H groups in total. The lowest BCUT2D eigenvalue weighted by atomic mass is 9.92. The molecule has 0 aliphatic carbocycles. The summed E-state index contributed by atoms with van der Waals surface area (Å²) in [5.74, 6) is -4.60. The molecule has 26 heavy (non-hydrogen) atoms. The SMILES string of the molecule is CC1CCCN(C(=O)C2CCN(C(=O)c3ccc(F)c(F)c3F)CC2)C1. The first-order chi connectivity index (χ1) is 12.4. The smallest absolute Gasteiger partial charge is 0.256 e. The van der Waals surface area contributed by atoms with Gasteiger partial charge in [0.25, 0.3) is 5.91 Å². The molecule has 2 saturated heterocycles. The second-order valence-corrected chi connectivity index (χ2v) is 7.32. The average Bonchev–Trinajstić information content (AvgIpc) is 2.65. The van der Waals surface area contributed by atoms with Crippen molar-refractivity contribution in [2.45, 2.75) is 32.6 Å². The van der Waals surface area contributed by atoms with Crippen molar-refractivity contribution >= 4 is 11.8 Å². The van der Waals surface area contributed by atoms with Gasteiger partial charge in [0.15, 0.2) is 17.5 Å². The van der Waals surface area contributed by atoms with E-state index in [-0.39, 0.29) is 11.8 Å². The summed E-state index contributed by atoms with van der Waals surface area (Å²) in [5.41, 5.74) is -0.474. The number of carbonyl (C=O) groups is 2. The number of carbonyl (C=O) groups excluding carboxylic acids is 2. The zero-order chi connectivity index (χ0) is 18.8. The molecule has 1 unspecified atom stereocenters. The number of halogens is 3. The van der Waals surface area contributed by atoms with E-state index in [0.717, 1.165) is 38.1 Å². The van der Waals surface area contributed by atoms with Crippen LogP contribution in [-0.2, 0) is 4.79 Å². The minimum absolute atomic E-state index is 0.127. The third-order valence-corrected chi connectivity index (χ3v) is 5.37. The van der Waals surface area contributed by atoms with E-state index in [0.29, 0.717) is 31.8 Å². The summed E-state index contributed by atoms with van der Waals surface area (Å²) >= 11 is 0. The summed E-state index contributed by atoms with van der Waals surface area (Å²) in [7, 11) is 0. The molecular weight excluding hydrogens is 345 g/mol. The predicted octanol–water partition coefficient (Wildman–Crippen LogP) is 3.21. The van der Waals surface area contributed by atoms with Gasteiger partial charge in [-0.25, -0.2) is 13.2 Å². The second kappa shape index (κ2) is 7.68. The van der Waals surface area contributed by atoms with E-state index in [4.69, 9.17) is 0 Å². The molecule has 1 atom stereocenters. The van der Waals surface area contributed by atoms with Crippen LogP contribution in [0.4, 0.5) is 13.2 Å². The first-order valence-corrected chi connectivity index (χ1v) is 9.10. The van der Waals surface area contributed by atoms with Gasteiger partial charge < -0.3 is 9.80 Å². The normalized spacial score (nSPS) is 21.8. The van der Waals surface area contributed by atoms with Crippen LogP contribution in [0.3, 0.4) is 0 Å². The van der Waals surface area contributed by atoms with Gasteiger partial charge >= 0.3 is 0 Å². The van der Waals surface area contributed by atoms with Crippen molar-refractivity contribution < 1.29 is 22.8 Å². The molecule has 2 heterocycles. The van der Waals surface area contributed by atoms with E-state index in [2.05, 4.69) is 6.92 Å². The molecule has 1 aromatic rings. The Kier molecular flexibility index (Phi) is 5.53. The number of rotatable bonds is 2. The van der Waals surface area contributed by atoms with Crippen molar-refractivity contribution in [3.05, 3.63) is 35.1 Å². The lowest BCUT2D eigenvalue weighted by Gasteiger charge is -2.37. The molecular formula is C19H23F3N2O2. The fourth-order valence-corrected chi connectivity index (χ4v) is 3.84. The third-order valence-electron chi connectivity index (χ3n) is 5.37. The first kappa shape index (κ1) is 18.7. The summed E-state index contributed by atoms with van der Waals surface area (Å²) in [6, 6.07) is 1.71. The zero-order valence-electron chi connectivity index (χ0n) is 14.8. The first-order valence-electron chi connectivity index (χ1n) is 9.10. The van der Waals surface area contributed by atoms with E-state index in [9.17, 15) is 22.8 Å². The second-order valence-electron chi connectivity index (χ2n) is 7.32. The topological polar surface area (TPSA) is 40.6 Å². The molecule has 0 aromatic heterocycles. The van der Waals surface area contributed by atoms with Crippen LogP contribution in [0.2, 0.25) is 0 Å². The quantitative estimate of drug-likeness (QED) is 0.752. The third kappa shape index (κ3) is 3.71. The molecule has 0 bridgehead atoms. The fourth-order valence-electron chi connectivity index (χ4n) is 3.84. The monoisotopic (exact) mass is 368 g/mol. The number of benzene rings is 1. The van der Waals surface area contributed by atoms with Gasteiger partial charge in [0, 0.05) is 32.1 Å². The van der Waals surface area contributed by atoms with Crippen molar-refractivity contribution in [1.29, 1.82) is 0 Å². The van der Waals surface area contributed by atoms with E-state index >= 15 is 0 Å². The highest BCUT2D eigenvalue weighted by molar-refractivity contribution is 5.94. The van der Waals surface area contributed by atoms with Crippen molar-refractivity contribution in [3.8, 4) is 0 Å². The van der Waals surface area contributed by atoms with E-state index in [1.165, 1.54) is 4.90 Å². The minimum atomic E-state index is -1.64. The van der Waals surface area contributed by atoms with Crippen LogP contribution < -0.4 is 0 Å². The number of amides is 2. The minimum Gasteiger partial charge on any atom is -0.342 e.